The minimum absolute atomic E-state index is 0.278. The van der Waals surface area contributed by atoms with Gasteiger partial charge in [-0.05, 0) is 45.8 Å². The molecule has 2 heterocycles. The van der Waals surface area contributed by atoms with Crippen molar-refractivity contribution in [3.8, 4) is 0 Å². The second-order valence-corrected chi connectivity index (χ2v) is 8.07. The number of benzene rings is 2. The minimum Gasteiger partial charge on any atom is -0.362 e. The molecular weight excluding hydrogens is 486 g/mol. The SMILES string of the molecule is Clc1ccc([C@@H](Cn2ncnn2)O[C@H](Cn2ncnn2)c2ccc(Cl)c(Cl)c2)cc1Cl. The fraction of sp³-hybridized carbons (Fsp3) is 0.222. The quantitative estimate of drug-likeness (QED) is 0.352. The maximum Gasteiger partial charge on any atom is 0.162 e. The lowest BCUT2D eigenvalue weighted by molar-refractivity contribution is -0.0396. The summed E-state index contributed by atoms with van der Waals surface area (Å²) in [6, 6.07) is 10.6. The monoisotopic (exact) mass is 498 g/mol. The number of rotatable bonds is 8. The molecule has 0 aliphatic carbocycles. The van der Waals surface area contributed by atoms with Crippen molar-refractivity contribution < 1.29 is 4.74 Å². The zero-order chi connectivity index (χ0) is 21.8. The van der Waals surface area contributed by atoms with Crippen LogP contribution in [0.25, 0.3) is 0 Å². The first-order valence-electron chi connectivity index (χ1n) is 8.96. The van der Waals surface area contributed by atoms with Crippen LogP contribution in [0.2, 0.25) is 20.1 Å². The maximum absolute atomic E-state index is 6.50. The van der Waals surface area contributed by atoms with E-state index in [2.05, 4.69) is 30.8 Å². The molecule has 2 aromatic heterocycles. The summed E-state index contributed by atoms with van der Waals surface area (Å²) in [5.74, 6) is 0. The molecular formula is C18H14Cl4N8O. The average molecular weight is 500 g/mol. The molecule has 0 aliphatic heterocycles. The molecule has 0 N–H and O–H groups in total. The van der Waals surface area contributed by atoms with Crippen LogP contribution in [0.4, 0.5) is 0 Å². The molecule has 4 rings (SSSR count). The highest BCUT2D eigenvalue weighted by Gasteiger charge is 2.24. The van der Waals surface area contributed by atoms with Gasteiger partial charge in [0.05, 0.1) is 33.2 Å². The van der Waals surface area contributed by atoms with Gasteiger partial charge in [0.25, 0.3) is 0 Å². The average Bonchev–Trinajstić information content (AvgIpc) is 3.45. The molecule has 2 atom stereocenters. The highest BCUT2D eigenvalue weighted by Crippen LogP contribution is 2.34. The van der Waals surface area contributed by atoms with Gasteiger partial charge in [0.1, 0.15) is 12.2 Å². The Hall–Kier alpha value is -2.30. The van der Waals surface area contributed by atoms with Crippen LogP contribution in [0, 0.1) is 0 Å². The second kappa shape index (κ2) is 9.88. The minimum atomic E-state index is -0.507. The zero-order valence-corrected chi connectivity index (χ0v) is 18.7. The van der Waals surface area contributed by atoms with Crippen LogP contribution in [0.15, 0.2) is 49.1 Å². The van der Waals surface area contributed by atoms with Crippen LogP contribution in [-0.2, 0) is 17.8 Å². The van der Waals surface area contributed by atoms with Crippen LogP contribution >= 0.6 is 46.4 Å². The first kappa shape index (κ1) is 21.9. The van der Waals surface area contributed by atoms with Gasteiger partial charge in [-0.2, -0.15) is 9.59 Å². The Bertz CT molecular complexity index is 1050. The van der Waals surface area contributed by atoms with Crippen molar-refractivity contribution in [1.82, 2.24) is 40.4 Å². The lowest BCUT2D eigenvalue weighted by Gasteiger charge is -2.25. The normalized spacial score (nSPS) is 13.3. The molecule has 0 bridgehead atoms. The van der Waals surface area contributed by atoms with E-state index in [1.54, 1.807) is 24.3 Å². The van der Waals surface area contributed by atoms with Gasteiger partial charge in [0.15, 0.2) is 12.7 Å². The molecule has 31 heavy (non-hydrogen) atoms. The van der Waals surface area contributed by atoms with Crippen molar-refractivity contribution in [1.29, 1.82) is 0 Å². The van der Waals surface area contributed by atoms with E-state index < -0.39 is 12.2 Å². The molecule has 9 nitrogen and oxygen atoms in total. The first-order valence-corrected chi connectivity index (χ1v) is 10.5. The van der Waals surface area contributed by atoms with Gasteiger partial charge in [-0.1, -0.05) is 58.5 Å². The van der Waals surface area contributed by atoms with Crippen LogP contribution in [0.5, 0.6) is 0 Å². The second-order valence-electron chi connectivity index (χ2n) is 6.44. The molecule has 4 aromatic rings. The third-order valence-corrected chi connectivity index (χ3v) is 5.88. The van der Waals surface area contributed by atoms with E-state index in [0.29, 0.717) is 20.1 Å². The summed E-state index contributed by atoms with van der Waals surface area (Å²) in [6.45, 7) is 0.557. The highest BCUT2D eigenvalue weighted by atomic mass is 35.5. The summed E-state index contributed by atoms with van der Waals surface area (Å²) < 4.78 is 6.50. The van der Waals surface area contributed by atoms with Crippen molar-refractivity contribution in [2.24, 2.45) is 0 Å². The maximum atomic E-state index is 6.50. The Morgan fingerprint density at radius 2 is 1.13 bits per heavy atom. The van der Waals surface area contributed by atoms with E-state index in [0.717, 1.165) is 11.1 Å². The molecule has 0 aliphatic rings. The molecule has 0 amide bonds. The van der Waals surface area contributed by atoms with Crippen LogP contribution in [0.3, 0.4) is 0 Å². The van der Waals surface area contributed by atoms with E-state index in [1.807, 2.05) is 12.1 Å². The number of tetrazole rings is 2. The summed E-state index contributed by atoms with van der Waals surface area (Å²) in [6.07, 6.45) is 1.68. The number of hydrogen-bond donors (Lipinski definition) is 0. The molecule has 0 saturated carbocycles. The van der Waals surface area contributed by atoms with Crippen molar-refractivity contribution >= 4 is 46.4 Å². The number of nitrogens with zero attached hydrogens (tertiary/aromatic N) is 8. The van der Waals surface area contributed by atoms with Crippen LogP contribution in [-0.4, -0.2) is 40.4 Å². The molecule has 0 spiro atoms. The van der Waals surface area contributed by atoms with Gasteiger partial charge in [0.2, 0.25) is 0 Å². The lowest BCUT2D eigenvalue weighted by atomic mass is 10.1. The fourth-order valence-corrected chi connectivity index (χ4v) is 3.53. The Morgan fingerprint density at radius 3 is 1.48 bits per heavy atom. The smallest absolute Gasteiger partial charge is 0.162 e. The third-order valence-electron chi connectivity index (χ3n) is 4.40. The third kappa shape index (κ3) is 5.50. The summed E-state index contributed by atoms with van der Waals surface area (Å²) >= 11 is 24.7. The van der Waals surface area contributed by atoms with Crippen LogP contribution in [0.1, 0.15) is 23.3 Å². The number of aromatic nitrogens is 8. The number of hydrogen-bond acceptors (Lipinski definition) is 7. The van der Waals surface area contributed by atoms with Gasteiger partial charge in [-0.15, -0.1) is 20.4 Å². The largest absolute Gasteiger partial charge is 0.362 e. The summed E-state index contributed by atoms with van der Waals surface area (Å²) in [5.41, 5.74) is 1.56. The standard InChI is InChI=1S/C18H14Cl4N8O/c19-13-3-1-11(5-15(13)21)17(7-29-25-9-23-27-29)31-18(8-30-26-10-24-28-30)12-2-4-14(20)16(22)6-12/h1-6,9-10,17-18H,7-8H2/t17-,18-/m1/s1. The van der Waals surface area contributed by atoms with E-state index in [-0.39, 0.29) is 13.1 Å². The summed E-state index contributed by atoms with van der Waals surface area (Å²) in [5, 5.41) is 25.2. The van der Waals surface area contributed by atoms with E-state index >= 15 is 0 Å². The summed E-state index contributed by atoms with van der Waals surface area (Å²) in [4.78, 5) is 2.85. The van der Waals surface area contributed by atoms with Gasteiger partial charge in [-0.25, -0.2) is 0 Å². The topological polar surface area (TPSA) is 96.4 Å². The predicted molar refractivity (Wildman–Crippen MR) is 115 cm³/mol. The molecule has 0 fully saturated rings. The van der Waals surface area contributed by atoms with Crippen LogP contribution < -0.4 is 0 Å². The Balaban J connectivity index is 1.69. The van der Waals surface area contributed by atoms with Crippen molar-refractivity contribution in [2.45, 2.75) is 25.3 Å². The van der Waals surface area contributed by atoms with Gasteiger partial charge in [-0.3, -0.25) is 0 Å². The molecule has 0 unspecified atom stereocenters. The Morgan fingerprint density at radius 1 is 0.677 bits per heavy atom. The Kier molecular flexibility index (Phi) is 6.99. The zero-order valence-electron chi connectivity index (χ0n) is 15.7. The number of halogens is 4. The predicted octanol–water partition coefficient (Wildman–Crippen LogP) is 4.47. The van der Waals surface area contributed by atoms with Gasteiger partial charge < -0.3 is 4.74 Å². The van der Waals surface area contributed by atoms with Gasteiger partial charge in [0, 0.05) is 0 Å². The van der Waals surface area contributed by atoms with Crippen molar-refractivity contribution in [3.05, 3.63) is 80.3 Å². The lowest BCUT2D eigenvalue weighted by Crippen LogP contribution is -2.21. The van der Waals surface area contributed by atoms with E-state index in [9.17, 15) is 0 Å². The molecule has 0 radical (unpaired) electrons. The molecule has 2 aromatic carbocycles. The van der Waals surface area contributed by atoms with Crippen molar-refractivity contribution in [3.63, 3.8) is 0 Å². The van der Waals surface area contributed by atoms with E-state index in [4.69, 9.17) is 51.1 Å². The molecule has 160 valence electrons. The fourth-order valence-electron chi connectivity index (χ4n) is 2.92. The van der Waals surface area contributed by atoms with Crippen molar-refractivity contribution in [2.75, 3.05) is 0 Å². The first-order chi connectivity index (χ1) is 15.0. The van der Waals surface area contributed by atoms with Gasteiger partial charge >= 0.3 is 0 Å². The van der Waals surface area contributed by atoms with E-state index in [1.165, 1.54) is 22.2 Å². The summed E-state index contributed by atoms with van der Waals surface area (Å²) in [7, 11) is 0. The highest BCUT2D eigenvalue weighted by molar-refractivity contribution is 6.42. The Labute approximate surface area is 196 Å². The number of ether oxygens (including phenoxy) is 1. The molecule has 13 heteroatoms. The molecule has 0 saturated heterocycles.